The lowest BCUT2D eigenvalue weighted by molar-refractivity contribution is 0.158. The van der Waals surface area contributed by atoms with E-state index in [1.807, 2.05) is 38.1 Å². The van der Waals surface area contributed by atoms with Crippen LogP contribution in [0.15, 0.2) is 36.4 Å². The number of hydrogen-bond acceptors (Lipinski definition) is 4. The van der Waals surface area contributed by atoms with Gasteiger partial charge in [0.1, 0.15) is 35.2 Å². The summed E-state index contributed by atoms with van der Waals surface area (Å²) in [4.78, 5) is 0. The molecule has 4 heteroatoms. The highest BCUT2D eigenvalue weighted by Gasteiger charge is 2.26. The van der Waals surface area contributed by atoms with Crippen molar-refractivity contribution < 1.29 is 19.3 Å². The molecule has 0 aromatic heterocycles. The van der Waals surface area contributed by atoms with E-state index in [9.17, 15) is 5.11 Å². The normalized spacial score (nSPS) is 16.8. The summed E-state index contributed by atoms with van der Waals surface area (Å²) in [5, 5.41) is 9.65. The molecule has 0 fully saturated rings. The van der Waals surface area contributed by atoms with Crippen molar-refractivity contribution in [1.82, 2.24) is 0 Å². The first-order valence-corrected chi connectivity index (χ1v) is 8.23. The maximum atomic E-state index is 9.65. The molecule has 0 spiro atoms. The second-order valence-corrected chi connectivity index (χ2v) is 6.78. The molecule has 0 unspecified atom stereocenters. The molecule has 1 N–H and O–H groups in total. The minimum Gasteiger partial charge on any atom is -0.508 e. The van der Waals surface area contributed by atoms with Crippen LogP contribution in [-0.4, -0.2) is 24.4 Å². The second kappa shape index (κ2) is 5.59. The van der Waals surface area contributed by atoms with Crippen molar-refractivity contribution in [2.75, 3.05) is 13.7 Å². The van der Waals surface area contributed by atoms with Gasteiger partial charge in [0.2, 0.25) is 0 Å². The number of methoxy groups -OCH3 is 1. The molecule has 0 radical (unpaired) electrons. The largest absolute Gasteiger partial charge is 0.508 e. The topological polar surface area (TPSA) is 47.9 Å². The fourth-order valence-electron chi connectivity index (χ4n) is 3.20. The van der Waals surface area contributed by atoms with Gasteiger partial charge in [0.25, 0.3) is 0 Å². The summed E-state index contributed by atoms with van der Waals surface area (Å²) in [6.45, 7) is 4.49. The fraction of sp³-hybridized carbons (Fsp3) is 0.238. The summed E-state index contributed by atoms with van der Waals surface area (Å²) in [7, 11) is 1.59. The zero-order valence-electron chi connectivity index (χ0n) is 14.5. The highest BCUT2D eigenvalue weighted by Crippen LogP contribution is 2.43. The molecule has 25 heavy (non-hydrogen) atoms. The van der Waals surface area contributed by atoms with E-state index in [4.69, 9.17) is 14.2 Å². The molecular weight excluding hydrogens is 316 g/mol. The molecule has 2 aromatic rings. The van der Waals surface area contributed by atoms with Gasteiger partial charge in [0.05, 0.1) is 12.7 Å². The first kappa shape index (κ1) is 15.6. The zero-order valence-corrected chi connectivity index (χ0v) is 14.5. The third-order valence-electron chi connectivity index (χ3n) is 4.44. The second-order valence-electron chi connectivity index (χ2n) is 6.78. The summed E-state index contributed by atoms with van der Waals surface area (Å²) in [6, 6.07) is 9.10. The lowest BCUT2D eigenvalue weighted by atomic mass is 9.95. The first-order valence-electron chi connectivity index (χ1n) is 8.23. The van der Waals surface area contributed by atoms with E-state index in [1.165, 1.54) is 0 Å². The minimum atomic E-state index is -0.309. The minimum absolute atomic E-state index is 0.178. The van der Waals surface area contributed by atoms with Gasteiger partial charge >= 0.3 is 0 Å². The van der Waals surface area contributed by atoms with Crippen molar-refractivity contribution in [2.24, 2.45) is 0 Å². The molecule has 4 nitrogen and oxygen atoms in total. The third-order valence-corrected chi connectivity index (χ3v) is 4.44. The van der Waals surface area contributed by atoms with Gasteiger partial charge in [-0.3, -0.25) is 0 Å². The molecule has 0 bridgehead atoms. The average molecular weight is 336 g/mol. The predicted octanol–water partition coefficient (Wildman–Crippen LogP) is 4.52. The van der Waals surface area contributed by atoms with Crippen LogP contribution in [0.1, 0.15) is 30.5 Å². The Morgan fingerprint density at radius 3 is 2.80 bits per heavy atom. The number of hydrogen-bond donors (Lipinski definition) is 1. The number of phenols is 1. The Labute approximate surface area is 147 Å². The van der Waals surface area contributed by atoms with Gasteiger partial charge < -0.3 is 19.3 Å². The SMILES string of the molecule is COc1cc(O)ccc1C1=Cc2ccc3c(c2OC1)C=CC(C)(C)O3. The summed E-state index contributed by atoms with van der Waals surface area (Å²) in [5.74, 6) is 2.48. The molecule has 2 aromatic carbocycles. The number of rotatable bonds is 2. The molecule has 4 rings (SSSR count). The van der Waals surface area contributed by atoms with E-state index >= 15 is 0 Å². The third kappa shape index (κ3) is 2.74. The molecule has 128 valence electrons. The van der Waals surface area contributed by atoms with Crippen molar-refractivity contribution in [3.8, 4) is 23.0 Å². The van der Waals surface area contributed by atoms with Crippen LogP contribution < -0.4 is 14.2 Å². The lowest BCUT2D eigenvalue weighted by Gasteiger charge is -2.30. The van der Waals surface area contributed by atoms with Crippen LogP contribution in [0.4, 0.5) is 0 Å². The zero-order chi connectivity index (χ0) is 17.6. The van der Waals surface area contributed by atoms with E-state index in [2.05, 4.69) is 12.2 Å². The monoisotopic (exact) mass is 336 g/mol. The molecular formula is C21H20O4. The van der Waals surface area contributed by atoms with Gasteiger partial charge in [-0.15, -0.1) is 0 Å². The van der Waals surface area contributed by atoms with Crippen LogP contribution in [0, 0.1) is 0 Å². The molecule has 2 aliphatic rings. The van der Waals surface area contributed by atoms with Gasteiger partial charge in [-0.05, 0) is 56.3 Å². The van der Waals surface area contributed by atoms with Crippen LogP contribution in [0.5, 0.6) is 23.0 Å². The Kier molecular flexibility index (Phi) is 3.49. The maximum Gasteiger partial charge on any atom is 0.137 e. The van der Waals surface area contributed by atoms with Crippen molar-refractivity contribution in [3.05, 3.63) is 53.1 Å². The van der Waals surface area contributed by atoms with Crippen molar-refractivity contribution in [1.29, 1.82) is 0 Å². The van der Waals surface area contributed by atoms with E-state index in [-0.39, 0.29) is 11.4 Å². The van der Waals surface area contributed by atoms with Gasteiger partial charge in [-0.25, -0.2) is 0 Å². The van der Waals surface area contributed by atoms with Gasteiger partial charge in [0.15, 0.2) is 0 Å². The molecule has 0 saturated heterocycles. The van der Waals surface area contributed by atoms with Crippen LogP contribution in [0.3, 0.4) is 0 Å². The number of aromatic hydroxyl groups is 1. The molecule has 2 heterocycles. The van der Waals surface area contributed by atoms with E-state index < -0.39 is 0 Å². The van der Waals surface area contributed by atoms with Gasteiger partial charge in [-0.1, -0.05) is 0 Å². The smallest absolute Gasteiger partial charge is 0.137 e. The number of benzene rings is 2. The first-order chi connectivity index (χ1) is 12.0. The van der Waals surface area contributed by atoms with Crippen molar-refractivity contribution >= 4 is 17.7 Å². The molecule has 0 atom stereocenters. The van der Waals surface area contributed by atoms with Crippen LogP contribution in [0.2, 0.25) is 0 Å². The number of fused-ring (bicyclic) bond motifs is 3. The van der Waals surface area contributed by atoms with Crippen LogP contribution >= 0.6 is 0 Å². The summed E-state index contributed by atoms with van der Waals surface area (Å²) < 4.78 is 17.5. The lowest BCUT2D eigenvalue weighted by Crippen LogP contribution is -2.27. The van der Waals surface area contributed by atoms with Crippen LogP contribution in [-0.2, 0) is 0 Å². The summed E-state index contributed by atoms with van der Waals surface area (Å²) in [5.41, 5.74) is 3.59. The van der Waals surface area contributed by atoms with E-state index in [1.54, 1.807) is 19.2 Å². The molecule has 0 saturated carbocycles. The Morgan fingerprint density at radius 1 is 1.16 bits per heavy atom. The van der Waals surface area contributed by atoms with E-state index in [0.717, 1.165) is 33.8 Å². The van der Waals surface area contributed by atoms with Gasteiger partial charge in [-0.2, -0.15) is 0 Å². The summed E-state index contributed by atoms with van der Waals surface area (Å²) >= 11 is 0. The average Bonchev–Trinajstić information content (AvgIpc) is 2.60. The van der Waals surface area contributed by atoms with Crippen LogP contribution in [0.25, 0.3) is 17.7 Å². The van der Waals surface area contributed by atoms with Crippen molar-refractivity contribution in [3.63, 3.8) is 0 Å². The predicted molar refractivity (Wildman–Crippen MR) is 98.2 cm³/mol. The van der Waals surface area contributed by atoms with Gasteiger partial charge in [0, 0.05) is 22.8 Å². The van der Waals surface area contributed by atoms with Crippen molar-refractivity contribution in [2.45, 2.75) is 19.4 Å². The standard InChI is InChI=1S/C21H20O4/c1-21(2)9-8-17-18(25-21)7-4-13-10-14(12-24-20(13)17)16-6-5-15(22)11-19(16)23-3/h4-11,22H,12H2,1-3H3. The number of ether oxygens (including phenoxy) is 3. The maximum absolute atomic E-state index is 9.65. The van der Waals surface area contributed by atoms with E-state index in [0.29, 0.717) is 12.4 Å². The molecule has 0 aliphatic carbocycles. The molecule has 2 aliphatic heterocycles. The molecule has 0 amide bonds. The quantitative estimate of drug-likeness (QED) is 0.876. The highest BCUT2D eigenvalue weighted by atomic mass is 16.5. The Hall–Kier alpha value is -2.88. The number of phenolic OH excluding ortho intramolecular Hbond substituents is 1. The highest BCUT2D eigenvalue weighted by molar-refractivity contribution is 5.90. The summed E-state index contributed by atoms with van der Waals surface area (Å²) in [6.07, 6.45) is 6.21. The fourth-order valence-corrected chi connectivity index (χ4v) is 3.20. The Bertz CT molecular complexity index is 906. The Balaban J connectivity index is 1.78. The Morgan fingerprint density at radius 2 is 2.00 bits per heavy atom.